The maximum atomic E-state index is 10.9. The zero-order valence-electron chi connectivity index (χ0n) is 12.2. The van der Waals surface area contributed by atoms with E-state index in [0.29, 0.717) is 28.3 Å². The van der Waals surface area contributed by atoms with Gasteiger partial charge in [0.15, 0.2) is 11.0 Å². The van der Waals surface area contributed by atoms with Crippen molar-refractivity contribution in [1.82, 2.24) is 14.8 Å². The molecule has 1 aromatic carbocycles. The monoisotopic (exact) mass is 341 g/mol. The molecular weight excluding hydrogens is 326 g/mol. The SMILES string of the molecule is CCn1c(COc2ccc(Cl)cc2)nnc1S[C@@H](C)C(=O)O. The maximum Gasteiger partial charge on any atom is 0.316 e. The largest absolute Gasteiger partial charge is 0.486 e. The molecule has 22 heavy (non-hydrogen) atoms. The van der Waals surface area contributed by atoms with E-state index in [1.165, 1.54) is 0 Å². The van der Waals surface area contributed by atoms with Gasteiger partial charge in [-0.3, -0.25) is 4.79 Å². The Morgan fingerprint density at radius 1 is 1.41 bits per heavy atom. The highest BCUT2D eigenvalue weighted by Gasteiger charge is 2.19. The lowest BCUT2D eigenvalue weighted by molar-refractivity contribution is -0.136. The third-order valence-corrected chi connectivity index (χ3v) is 4.24. The summed E-state index contributed by atoms with van der Waals surface area (Å²) in [7, 11) is 0. The third kappa shape index (κ3) is 4.14. The molecule has 0 aliphatic carbocycles. The van der Waals surface area contributed by atoms with E-state index >= 15 is 0 Å². The van der Waals surface area contributed by atoms with E-state index in [0.717, 1.165) is 11.8 Å². The zero-order chi connectivity index (χ0) is 16.1. The molecule has 118 valence electrons. The van der Waals surface area contributed by atoms with E-state index in [9.17, 15) is 4.79 Å². The van der Waals surface area contributed by atoms with Crippen LogP contribution in [0.25, 0.3) is 0 Å². The summed E-state index contributed by atoms with van der Waals surface area (Å²) in [6.07, 6.45) is 0. The van der Waals surface area contributed by atoms with Gasteiger partial charge in [0.05, 0.1) is 0 Å². The molecule has 2 rings (SSSR count). The number of carboxylic acid groups (broad SMARTS) is 1. The van der Waals surface area contributed by atoms with Crippen LogP contribution < -0.4 is 4.74 Å². The first kappa shape index (κ1) is 16.6. The number of thioether (sulfide) groups is 1. The standard InChI is InChI=1S/C14H16ClN3O3S/c1-3-18-12(8-21-11-6-4-10(15)5-7-11)16-17-14(18)22-9(2)13(19)20/h4-7,9H,3,8H2,1-2H3,(H,19,20)/t9-/m0/s1. The average molecular weight is 342 g/mol. The highest BCUT2D eigenvalue weighted by molar-refractivity contribution is 8.00. The lowest BCUT2D eigenvalue weighted by atomic mass is 10.3. The summed E-state index contributed by atoms with van der Waals surface area (Å²) in [6, 6.07) is 7.04. The number of benzene rings is 1. The van der Waals surface area contributed by atoms with Crippen molar-refractivity contribution < 1.29 is 14.6 Å². The second-order valence-corrected chi connectivity index (χ2v) is 6.23. The van der Waals surface area contributed by atoms with Crippen molar-refractivity contribution in [2.45, 2.75) is 37.4 Å². The van der Waals surface area contributed by atoms with Gasteiger partial charge in [0.2, 0.25) is 0 Å². The summed E-state index contributed by atoms with van der Waals surface area (Å²) >= 11 is 6.99. The molecule has 1 aromatic heterocycles. The smallest absolute Gasteiger partial charge is 0.316 e. The second kappa shape index (κ2) is 7.51. The van der Waals surface area contributed by atoms with Crippen LogP contribution in [0.3, 0.4) is 0 Å². The summed E-state index contributed by atoms with van der Waals surface area (Å²) < 4.78 is 7.49. The number of carboxylic acids is 1. The van der Waals surface area contributed by atoms with Crippen molar-refractivity contribution in [1.29, 1.82) is 0 Å². The number of carbonyl (C=O) groups is 1. The lowest BCUT2D eigenvalue weighted by Gasteiger charge is -2.10. The van der Waals surface area contributed by atoms with Gasteiger partial charge < -0.3 is 14.4 Å². The molecule has 0 fully saturated rings. The van der Waals surface area contributed by atoms with Crippen LogP contribution in [0.2, 0.25) is 5.02 Å². The minimum atomic E-state index is -0.880. The van der Waals surface area contributed by atoms with E-state index in [1.807, 2.05) is 11.5 Å². The first-order valence-corrected chi connectivity index (χ1v) is 7.97. The molecule has 1 N–H and O–H groups in total. The van der Waals surface area contributed by atoms with Crippen LogP contribution in [-0.4, -0.2) is 31.1 Å². The fraction of sp³-hybridized carbons (Fsp3) is 0.357. The number of aliphatic carboxylic acids is 1. The molecule has 2 aromatic rings. The first-order valence-electron chi connectivity index (χ1n) is 6.71. The van der Waals surface area contributed by atoms with Crippen molar-refractivity contribution in [2.75, 3.05) is 0 Å². The van der Waals surface area contributed by atoms with E-state index in [1.54, 1.807) is 31.2 Å². The van der Waals surface area contributed by atoms with Crippen molar-refractivity contribution >= 4 is 29.3 Å². The molecule has 0 radical (unpaired) electrons. The van der Waals surface area contributed by atoms with Crippen LogP contribution >= 0.6 is 23.4 Å². The van der Waals surface area contributed by atoms with E-state index < -0.39 is 11.2 Å². The van der Waals surface area contributed by atoms with E-state index in [-0.39, 0.29) is 6.61 Å². The van der Waals surface area contributed by atoms with Gasteiger partial charge in [-0.05, 0) is 38.1 Å². The van der Waals surface area contributed by atoms with Crippen molar-refractivity contribution in [3.05, 3.63) is 35.1 Å². The predicted octanol–water partition coefficient (Wildman–Crippen LogP) is 3.10. The first-order chi connectivity index (χ1) is 10.5. The summed E-state index contributed by atoms with van der Waals surface area (Å²) in [6.45, 7) is 4.46. The third-order valence-electron chi connectivity index (χ3n) is 2.92. The van der Waals surface area contributed by atoms with Crippen LogP contribution in [0.1, 0.15) is 19.7 Å². The zero-order valence-corrected chi connectivity index (χ0v) is 13.8. The summed E-state index contributed by atoms with van der Waals surface area (Å²) in [5, 5.41) is 17.7. The Balaban J connectivity index is 2.06. The second-order valence-electron chi connectivity index (χ2n) is 4.48. The molecule has 0 amide bonds. The molecule has 0 aliphatic heterocycles. The van der Waals surface area contributed by atoms with Gasteiger partial charge in [0.1, 0.15) is 17.6 Å². The molecule has 6 nitrogen and oxygen atoms in total. The topological polar surface area (TPSA) is 77.2 Å². The Labute approximate surface area is 137 Å². The van der Waals surface area contributed by atoms with Gasteiger partial charge in [0, 0.05) is 11.6 Å². The number of halogens is 1. The Morgan fingerprint density at radius 2 is 2.09 bits per heavy atom. The van der Waals surface area contributed by atoms with Gasteiger partial charge in [-0.15, -0.1) is 10.2 Å². The van der Waals surface area contributed by atoms with Gasteiger partial charge >= 0.3 is 5.97 Å². The fourth-order valence-electron chi connectivity index (χ4n) is 1.72. The van der Waals surface area contributed by atoms with Gasteiger partial charge in [-0.25, -0.2) is 0 Å². The number of ether oxygens (including phenoxy) is 1. The summed E-state index contributed by atoms with van der Waals surface area (Å²) in [5.74, 6) is 0.454. The Morgan fingerprint density at radius 3 is 2.68 bits per heavy atom. The number of hydrogen-bond donors (Lipinski definition) is 1. The van der Waals surface area contributed by atoms with Crippen molar-refractivity contribution in [3.8, 4) is 5.75 Å². The number of hydrogen-bond acceptors (Lipinski definition) is 5. The van der Waals surface area contributed by atoms with Crippen molar-refractivity contribution in [2.24, 2.45) is 0 Å². The van der Waals surface area contributed by atoms with Gasteiger partial charge in [-0.2, -0.15) is 0 Å². The van der Waals surface area contributed by atoms with Gasteiger partial charge in [-0.1, -0.05) is 23.4 Å². The Bertz CT molecular complexity index is 645. The average Bonchev–Trinajstić information content (AvgIpc) is 2.88. The highest BCUT2D eigenvalue weighted by Crippen LogP contribution is 2.23. The molecule has 1 atom stereocenters. The summed E-state index contributed by atoms with van der Waals surface area (Å²) in [4.78, 5) is 10.9. The lowest BCUT2D eigenvalue weighted by Crippen LogP contribution is -2.13. The van der Waals surface area contributed by atoms with E-state index in [4.69, 9.17) is 21.4 Å². The molecule has 8 heteroatoms. The normalized spacial score (nSPS) is 12.1. The number of aromatic nitrogens is 3. The van der Waals surface area contributed by atoms with E-state index in [2.05, 4.69) is 10.2 Å². The van der Waals surface area contributed by atoms with Crippen molar-refractivity contribution in [3.63, 3.8) is 0 Å². The Kier molecular flexibility index (Phi) is 5.68. The molecule has 0 unspecified atom stereocenters. The highest BCUT2D eigenvalue weighted by atomic mass is 35.5. The maximum absolute atomic E-state index is 10.9. The molecule has 1 heterocycles. The molecule has 0 saturated heterocycles. The number of rotatable bonds is 7. The van der Waals surface area contributed by atoms with Crippen LogP contribution in [0.4, 0.5) is 0 Å². The summed E-state index contributed by atoms with van der Waals surface area (Å²) in [5.41, 5.74) is 0. The fourth-order valence-corrected chi connectivity index (χ4v) is 2.71. The molecule has 0 bridgehead atoms. The van der Waals surface area contributed by atoms with Crippen LogP contribution in [0.5, 0.6) is 5.75 Å². The quantitative estimate of drug-likeness (QED) is 0.780. The molecule has 0 aliphatic rings. The molecular formula is C14H16ClN3O3S. The Hall–Kier alpha value is -1.73. The minimum absolute atomic E-state index is 0.254. The number of nitrogens with zero attached hydrogens (tertiary/aromatic N) is 3. The molecule has 0 saturated carbocycles. The van der Waals surface area contributed by atoms with Gasteiger partial charge in [0.25, 0.3) is 0 Å². The van der Waals surface area contributed by atoms with Crippen LogP contribution in [0, 0.1) is 0 Å². The minimum Gasteiger partial charge on any atom is -0.486 e. The van der Waals surface area contributed by atoms with Crippen LogP contribution in [-0.2, 0) is 17.9 Å². The predicted molar refractivity (Wildman–Crippen MR) is 84.4 cm³/mol. The van der Waals surface area contributed by atoms with Crippen LogP contribution in [0.15, 0.2) is 29.4 Å². The molecule has 0 spiro atoms.